The molecule has 0 spiro atoms. The molecule has 0 atom stereocenters. The molecular formula is C34H48N6O9. The minimum absolute atomic E-state index is 0.246. The number of aliphatic imine (C=N–C) groups is 2. The minimum Gasteiger partial charge on any atom is -0.487 e. The molecule has 0 bridgehead atoms. The number of ether oxygens (including phenoxy) is 9. The van der Waals surface area contributed by atoms with E-state index in [0.29, 0.717) is 112 Å². The van der Waals surface area contributed by atoms with E-state index in [4.69, 9.17) is 42.6 Å². The Morgan fingerprint density at radius 3 is 1.12 bits per heavy atom. The van der Waals surface area contributed by atoms with Crippen molar-refractivity contribution in [2.75, 3.05) is 122 Å². The largest absolute Gasteiger partial charge is 0.487 e. The van der Waals surface area contributed by atoms with Gasteiger partial charge in [0.1, 0.15) is 38.6 Å². The highest BCUT2D eigenvalue weighted by Gasteiger charge is 2.14. The van der Waals surface area contributed by atoms with Crippen LogP contribution < -0.4 is 18.9 Å². The minimum atomic E-state index is 0.246. The van der Waals surface area contributed by atoms with Crippen molar-refractivity contribution in [2.45, 2.75) is 0 Å². The van der Waals surface area contributed by atoms with Gasteiger partial charge < -0.3 is 52.4 Å². The van der Waals surface area contributed by atoms with Crippen LogP contribution >= 0.6 is 0 Å². The number of rotatable bonds is 26. The van der Waals surface area contributed by atoms with E-state index in [1.807, 2.05) is 28.2 Å². The summed E-state index contributed by atoms with van der Waals surface area (Å²) in [6, 6.07) is 10.9. The summed E-state index contributed by atoms with van der Waals surface area (Å²) in [4.78, 5) is 12.3. The molecular weight excluding hydrogens is 636 g/mol. The van der Waals surface area contributed by atoms with Gasteiger partial charge >= 0.3 is 0 Å². The van der Waals surface area contributed by atoms with Crippen molar-refractivity contribution in [3.05, 3.63) is 35.4 Å². The van der Waals surface area contributed by atoms with Gasteiger partial charge in [-0.15, -0.1) is 0 Å². The second-order valence-electron chi connectivity index (χ2n) is 10.5. The number of benzene rings is 2. The highest BCUT2D eigenvalue weighted by molar-refractivity contribution is 5.69. The second-order valence-corrected chi connectivity index (χ2v) is 10.5. The lowest BCUT2D eigenvalue weighted by Gasteiger charge is -2.15. The van der Waals surface area contributed by atoms with Gasteiger partial charge in [-0.2, -0.15) is 10.5 Å². The van der Waals surface area contributed by atoms with Gasteiger partial charge in [0.05, 0.1) is 88.0 Å². The summed E-state index contributed by atoms with van der Waals surface area (Å²) < 4.78 is 50.3. The van der Waals surface area contributed by atoms with Gasteiger partial charge in [0, 0.05) is 66.7 Å². The van der Waals surface area contributed by atoms with Crippen molar-refractivity contribution in [1.82, 2.24) is 9.80 Å². The molecule has 2 aromatic carbocycles. The average molecular weight is 685 g/mol. The summed E-state index contributed by atoms with van der Waals surface area (Å²) >= 11 is 0. The lowest BCUT2D eigenvalue weighted by atomic mass is 10.1. The van der Waals surface area contributed by atoms with E-state index in [0.717, 1.165) is 0 Å². The van der Waals surface area contributed by atoms with Crippen LogP contribution in [0, 0.1) is 22.7 Å². The first-order chi connectivity index (χ1) is 23.8. The summed E-state index contributed by atoms with van der Waals surface area (Å²) in [5.41, 5.74) is 1.67. The molecule has 2 rings (SSSR count). The molecule has 0 aliphatic carbocycles. The SMILES string of the molecule is COCCOc1cc(N=CN(C)C)c(C#N)cc1OCCOCCOCCOCCOc1cc(C#N)c(N=CN(C)C)cc1OCCOC. The van der Waals surface area contributed by atoms with Crippen molar-refractivity contribution in [3.8, 4) is 35.1 Å². The maximum Gasteiger partial charge on any atom is 0.163 e. The maximum atomic E-state index is 9.60. The molecule has 0 amide bonds. The van der Waals surface area contributed by atoms with Crippen LogP contribution in [0.1, 0.15) is 11.1 Å². The molecule has 0 N–H and O–H groups in total. The van der Waals surface area contributed by atoms with Crippen molar-refractivity contribution in [2.24, 2.45) is 9.98 Å². The predicted octanol–water partition coefficient (Wildman–Crippen LogP) is 3.43. The van der Waals surface area contributed by atoms with E-state index in [1.165, 1.54) is 0 Å². The Hall–Kier alpha value is -4.64. The summed E-state index contributed by atoms with van der Waals surface area (Å²) in [5, 5.41) is 19.2. The molecule has 2 aromatic rings. The fraction of sp³-hybridized carbons (Fsp3) is 0.529. The number of hydrogen-bond donors (Lipinski definition) is 0. The molecule has 268 valence electrons. The molecule has 0 aliphatic rings. The summed E-state index contributed by atoms with van der Waals surface area (Å²) in [5.74, 6) is 1.76. The number of nitrogens with zero attached hydrogens (tertiary/aromatic N) is 6. The van der Waals surface area contributed by atoms with Crippen LogP contribution in [-0.4, -0.2) is 144 Å². The van der Waals surface area contributed by atoms with Crippen molar-refractivity contribution < 1.29 is 42.6 Å². The Morgan fingerprint density at radius 2 is 0.816 bits per heavy atom. The molecule has 0 saturated carbocycles. The van der Waals surface area contributed by atoms with Crippen LogP contribution in [0.3, 0.4) is 0 Å². The Bertz CT molecular complexity index is 1290. The lowest BCUT2D eigenvalue weighted by molar-refractivity contribution is 0.00469. The fourth-order valence-electron chi connectivity index (χ4n) is 3.73. The maximum absolute atomic E-state index is 9.60. The number of methoxy groups -OCH3 is 2. The van der Waals surface area contributed by atoms with Crippen molar-refractivity contribution in [1.29, 1.82) is 10.5 Å². The highest BCUT2D eigenvalue weighted by atomic mass is 16.6. The zero-order valence-corrected chi connectivity index (χ0v) is 29.3. The molecule has 0 unspecified atom stereocenters. The third-order valence-electron chi connectivity index (χ3n) is 6.03. The van der Waals surface area contributed by atoms with E-state index in [-0.39, 0.29) is 13.2 Å². The van der Waals surface area contributed by atoms with Gasteiger partial charge in [0.25, 0.3) is 0 Å². The van der Waals surface area contributed by atoms with E-state index >= 15 is 0 Å². The molecule has 15 heteroatoms. The molecule has 0 aromatic heterocycles. The Labute approximate surface area is 289 Å². The Kier molecular flexibility index (Phi) is 20.3. The fourth-order valence-corrected chi connectivity index (χ4v) is 3.73. The van der Waals surface area contributed by atoms with Crippen LogP contribution in [0.2, 0.25) is 0 Å². The Balaban J connectivity index is 1.70. The second kappa shape index (κ2) is 24.5. The first-order valence-corrected chi connectivity index (χ1v) is 15.6. The first-order valence-electron chi connectivity index (χ1n) is 15.6. The van der Waals surface area contributed by atoms with Gasteiger partial charge in [0.15, 0.2) is 23.0 Å². The highest BCUT2D eigenvalue weighted by Crippen LogP contribution is 2.36. The molecule has 49 heavy (non-hydrogen) atoms. The standard InChI is InChI=1S/C34H48N6O9/c1-39(2)25-37-29-21-33(46-15-7-41-5)31(19-27(29)23-35)48-17-13-44-11-9-43-10-12-45-14-18-49-32-20-28(24-36)30(38-26-40(3)4)22-34(32)47-16-8-42-6/h19-22,25-26H,7-18H2,1-6H3. The van der Waals surface area contributed by atoms with Gasteiger partial charge in [0.2, 0.25) is 0 Å². The topological polar surface area (TPSA) is 162 Å². The molecule has 0 fully saturated rings. The molecule has 0 saturated heterocycles. The summed E-state index contributed by atoms with van der Waals surface area (Å²) in [6.07, 6.45) is 3.22. The number of nitriles is 2. The molecule has 0 aliphatic heterocycles. The smallest absolute Gasteiger partial charge is 0.163 e. The van der Waals surface area contributed by atoms with Gasteiger partial charge in [-0.3, -0.25) is 0 Å². The zero-order chi connectivity index (χ0) is 35.7. The average Bonchev–Trinajstić information content (AvgIpc) is 3.09. The van der Waals surface area contributed by atoms with Crippen LogP contribution in [0.15, 0.2) is 34.3 Å². The first kappa shape index (κ1) is 40.5. The van der Waals surface area contributed by atoms with Gasteiger partial charge in [-0.1, -0.05) is 0 Å². The van der Waals surface area contributed by atoms with E-state index in [2.05, 4.69) is 22.1 Å². The third-order valence-corrected chi connectivity index (χ3v) is 6.03. The predicted molar refractivity (Wildman–Crippen MR) is 184 cm³/mol. The monoisotopic (exact) mass is 684 g/mol. The summed E-state index contributed by atoms with van der Waals surface area (Å²) in [6.45, 7) is 4.04. The van der Waals surface area contributed by atoms with Crippen LogP contribution in [0.4, 0.5) is 11.4 Å². The quantitative estimate of drug-likeness (QED) is 0.0806. The number of hydrogen-bond acceptors (Lipinski definition) is 13. The third kappa shape index (κ3) is 16.3. The Morgan fingerprint density at radius 1 is 0.510 bits per heavy atom. The molecule has 15 nitrogen and oxygen atoms in total. The summed E-state index contributed by atoms with van der Waals surface area (Å²) in [7, 11) is 10.6. The van der Waals surface area contributed by atoms with Gasteiger partial charge in [-0.25, -0.2) is 9.98 Å². The van der Waals surface area contributed by atoms with E-state index in [9.17, 15) is 10.5 Å². The lowest BCUT2D eigenvalue weighted by Crippen LogP contribution is -2.15. The molecule has 0 radical (unpaired) electrons. The van der Waals surface area contributed by atoms with Crippen molar-refractivity contribution in [3.63, 3.8) is 0 Å². The normalized spacial score (nSPS) is 11.0. The van der Waals surface area contributed by atoms with Crippen LogP contribution in [0.25, 0.3) is 0 Å². The van der Waals surface area contributed by atoms with Crippen LogP contribution in [-0.2, 0) is 23.7 Å². The van der Waals surface area contributed by atoms with E-state index < -0.39 is 0 Å². The van der Waals surface area contributed by atoms with E-state index in [1.54, 1.807) is 61.0 Å². The molecule has 0 heterocycles. The van der Waals surface area contributed by atoms with Gasteiger partial charge in [-0.05, 0) is 0 Å². The van der Waals surface area contributed by atoms with Crippen molar-refractivity contribution >= 4 is 24.1 Å². The zero-order valence-electron chi connectivity index (χ0n) is 29.3. The van der Waals surface area contributed by atoms with Crippen LogP contribution in [0.5, 0.6) is 23.0 Å².